The molecular formula is C20H16ClNO3. The second-order valence-electron chi connectivity index (χ2n) is 5.94. The lowest BCUT2D eigenvalue weighted by atomic mass is 9.78. The number of nitrogens with zero attached hydrogens (tertiary/aromatic N) is 1. The number of fused-ring (bicyclic) bond motifs is 2. The van der Waals surface area contributed by atoms with Crippen LogP contribution in [0, 0.1) is 0 Å². The molecule has 126 valence electrons. The molecule has 1 aliphatic rings. The van der Waals surface area contributed by atoms with Crippen LogP contribution in [-0.2, 0) is 16.0 Å². The Morgan fingerprint density at radius 1 is 1.16 bits per heavy atom. The van der Waals surface area contributed by atoms with Crippen molar-refractivity contribution in [2.45, 2.75) is 12.3 Å². The number of aromatic nitrogens is 1. The summed E-state index contributed by atoms with van der Waals surface area (Å²) in [5.41, 5.74) is 3.00. The summed E-state index contributed by atoms with van der Waals surface area (Å²) < 4.78 is 11.1. The van der Waals surface area contributed by atoms with E-state index in [1.54, 1.807) is 6.20 Å². The largest absolute Gasteiger partial charge is 0.489 e. The van der Waals surface area contributed by atoms with Gasteiger partial charge in [-0.1, -0.05) is 29.8 Å². The van der Waals surface area contributed by atoms with Crippen molar-refractivity contribution < 1.29 is 14.3 Å². The molecule has 0 bridgehead atoms. The first-order valence-electron chi connectivity index (χ1n) is 8.14. The Bertz CT molecular complexity index is 936. The van der Waals surface area contributed by atoms with Crippen LogP contribution < -0.4 is 4.74 Å². The molecule has 1 aromatic heterocycles. The van der Waals surface area contributed by atoms with Gasteiger partial charge in [-0.15, -0.1) is 0 Å². The Balaban J connectivity index is 1.32. The van der Waals surface area contributed by atoms with E-state index < -0.39 is 0 Å². The number of hydrogen-bond donors (Lipinski definition) is 0. The van der Waals surface area contributed by atoms with Gasteiger partial charge >= 0.3 is 5.97 Å². The van der Waals surface area contributed by atoms with Crippen molar-refractivity contribution in [3.05, 3.63) is 70.9 Å². The predicted molar refractivity (Wildman–Crippen MR) is 96.1 cm³/mol. The number of halogens is 1. The van der Waals surface area contributed by atoms with Crippen molar-refractivity contribution in [1.82, 2.24) is 4.98 Å². The van der Waals surface area contributed by atoms with Crippen molar-refractivity contribution in [2.24, 2.45) is 0 Å². The van der Waals surface area contributed by atoms with Gasteiger partial charge in [0.25, 0.3) is 0 Å². The first kappa shape index (κ1) is 15.9. The molecule has 1 heterocycles. The molecule has 1 atom stereocenters. The number of pyridine rings is 1. The summed E-state index contributed by atoms with van der Waals surface area (Å²) in [4.78, 5) is 16.5. The molecule has 0 aliphatic heterocycles. The van der Waals surface area contributed by atoms with Gasteiger partial charge in [-0.05, 0) is 47.9 Å². The normalized spacial score (nSPS) is 15.3. The quantitative estimate of drug-likeness (QED) is 0.510. The smallest absolute Gasteiger partial charge is 0.313 e. The van der Waals surface area contributed by atoms with Crippen molar-refractivity contribution in [1.29, 1.82) is 0 Å². The van der Waals surface area contributed by atoms with Crippen molar-refractivity contribution >= 4 is 28.5 Å². The number of carbonyl (C=O) groups excluding carboxylic acids is 1. The molecule has 1 aliphatic carbocycles. The Kier molecular flexibility index (Phi) is 4.28. The zero-order valence-electron chi connectivity index (χ0n) is 13.4. The average molecular weight is 354 g/mol. The van der Waals surface area contributed by atoms with Crippen LogP contribution >= 0.6 is 11.6 Å². The summed E-state index contributed by atoms with van der Waals surface area (Å²) >= 11 is 5.99. The summed E-state index contributed by atoms with van der Waals surface area (Å²) in [5, 5.41) is 1.59. The highest BCUT2D eigenvalue weighted by Crippen LogP contribution is 2.37. The molecule has 3 aromatic rings. The lowest BCUT2D eigenvalue weighted by molar-refractivity contribution is -0.146. The van der Waals surface area contributed by atoms with Crippen LogP contribution in [-0.4, -0.2) is 24.2 Å². The molecule has 1 unspecified atom stereocenters. The van der Waals surface area contributed by atoms with E-state index in [0.717, 1.165) is 27.8 Å². The number of esters is 1. The topological polar surface area (TPSA) is 48.4 Å². The van der Waals surface area contributed by atoms with Crippen LogP contribution in [0.3, 0.4) is 0 Å². The number of ether oxygens (including phenoxy) is 2. The molecule has 4 nitrogen and oxygen atoms in total. The van der Waals surface area contributed by atoms with Crippen LogP contribution in [0.15, 0.2) is 54.7 Å². The van der Waals surface area contributed by atoms with Crippen LogP contribution in [0.1, 0.15) is 17.0 Å². The SMILES string of the molecule is O=C(OCCOc1ccnc2ccccc12)C1Cc2ccc(Cl)cc21. The van der Waals surface area contributed by atoms with Gasteiger partial charge in [0.1, 0.15) is 19.0 Å². The Labute approximate surface area is 150 Å². The fourth-order valence-corrected chi connectivity index (χ4v) is 3.26. The molecule has 4 rings (SSSR count). The first-order valence-corrected chi connectivity index (χ1v) is 8.52. The van der Waals surface area contributed by atoms with Crippen molar-refractivity contribution in [2.75, 3.05) is 13.2 Å². The molecule has 0 N–H and O–H groups in total. The van der Waals surface area contributed by atoms with Gasteiger partial charge in [-0.2, -0.15) is 0 Å². The summed E-state index contributed by atoms with van der Waals surface area (Å²) in [7, 11) is 0. The number of rotatable bonds is 5. The highest BCUT2D eigenvalue weighted by molar-refractivity contribution is 6.30. The molecule has 0 fully saturated rings. The minimum absolute atomic E-state index is 0.210. The van der Waals surface area contributed by atoms with Gasteiger partial charge in [-0.3, -0.25) is 9.78 Å². The number of hydrogen-bond acceptors (Lipinski definition) is 4. The number of benzene rings is 2. The maximum absolute atomic E-state index is 12.2. The van der Waals surface area contributed by atoms with Crippen LogP contribution in [0.2, 0.25) is 5.02 Å². The second-order valence-corrected chi connectivity index (χ2v) is 6.38. The first-order chi connectivity index (χ1) is 12.2. The summed E-state index contributed by atoms with van der Waals surface area (Å²) in [5.74, 6) is 0.302. The minimum atomic E-state index is -0.224. The lowest BCUT2D eigenvalue weighted by Crippen LogP contribution is -2.28. The van der Waals surface area contributed by atoms with E-state index >= 15 is 0 Å². The van der Waals surface area contributed by atoms with E-state index in [1.807, 2.05) is 48.5 Å². The Hall–Kier alpha value is -2.59. The summed E-state index contributed by atoms with van der Waals surface area (Å²) in [6, 6.07) is 15.2. The van der Waals surface area contributed by atoms with E-state index in [4.69, 9.17) is 21.1 Å². The van der Waals surface area contributed by atoms with Crippen molar-refractivity contribution in [3.63, 3.8) is 0 Å². The molecule has 0 radical (unpaired) electrons. The maximum Gasteiger partial charge on any atom is 0.313 e. The third-order valence-electron chi connectivity index (χ3n) is 4.39. The van der Waals surface area contributed by atoms with E-state index in [0.29, 0.717) is 18.1 Å². The van der Waals surface area contributed by atoms with Crippen LogP contribution in [0.4, 0.5) is 0 Å². The molecule has 0 saturated carbocycles. The fourth-order valence-electron chi connectivity index (χ4n) is 3.08. The van der Waals surface area contributed by atoms with Crippen LogP contribution in [0.5, 0.6) is 5.75 Å². The average Bonchev–Trinajstić information content (AvgIpc) is 2.61. The van der Waals surface area contributed by atoms with Gasteiger partial charge in [0.15, 0.2) is 0 Å². The zero-order valence-corrected chi connectivity index (χ0v) is 14.2. The van der Waals surface area contributed by atoms with Gasteiger partial charge in [-0.25, -0.2) is 0 Å². The van der Waals surface area contributed by atoms with Gasteiger partial charge in [0.05, 0.1) is 11.4 Å². The highest BCUT2D eigenvalue weighted by Gasteiger charge is 2.33. The van der Waals surface area contributed by atoms with Crippen molar-refractivity contribution in [3.8, 4) is 5.75 Å². The molecule has 5 heteroatoms. The third-order valence-corrected chi connectivity index (χ3v) is 4.62. The highest BCUT2D eigenvalue weighted by atomic mass is 35.5. The van der Waals surface area contributed by atoms with E-state index in [9.17, 15) is 4.79 Å². The fraction of sp³-hybridized carbons (Fsp3) is 0.200. The molecule has 0 saturated heterocycles. The summed E-state index contributed by atoms with van der Waals surface area (Å²) in [6.45, 7) is 0.511. The monoisotopic (exact) mass is 353 g/mol. The van der Waals surface area contributed by atoms with E-state index in [1.165, 1.54) is 0 Å². The van der Waals surface area contributed by atoms with Gasteiger partial charge in [0.2, 0.25) is 0 Å². The Morgan fingerprint density at radius 2 is 2.04 bits per heavy atom. The van der Waals surface area contributed by atoms with E-state index in [-0.39, 0.29) is 18.5 Å². The Morgan fingerprint density at radius 3 is 2.96 bits per heavy atom. The van der Waals surface area contributed by atoms with E-state index in [2.05, 4.69) is 4.98 Å². The third kappa shape index (κ3) is 3.17. The molecule has 25 heavy (non-hydrogen) atoms. The maximum atomic E-state index is 12.2. The number of para-hydroxylation sites is 1. The lowest BCUT2D eigenvalue weighted by Gasteiger charge is -2.28. The second kappa shape index (κ2) is 6.73. The summed E-state index contributed by atoms with van der Waals surface area (Å²) in [6.07, 6.45) is 2.42. The minimum Gasteiger partial charge on any atom is -0.489 e. The number of carbonyl (C=O) groups is 1. The molecular weight excluding hydrogens is 338 g/mol. The standard InChI is InChI=1S/C20H16ClNO3/c21-14-6-5-13-11-17(16(13)12-14)20(23)25-10-9-24-19-7-8-22-18-4-2-1-3-15(18)19/h1-8,12,17H,9-11H2. The predicted octanol–water partition coefficient (Wildman–Crippen LogP) is 4.15. The van der Waals surface area contributed by atoms with Gasteiger partial charge in [0, 0.05) is 16.6 Å². The zero-order chi connectivity index (χ0) is 17.2. The molecule has 2 aromatic carbocycles. The van der Waals surface area contributed by atoms with Crippen LogP contribution in [0.25, 0.3) is 10.9 Å². The van der Waals surface area contributed by atoms with Gasteiger partial charge < -0.3 is 9.47 Å². The molecule has 0 spiro atoms. The molecule has 0 amide bonds.